The van der Waals surface area contributed by atoms with E-state index in [1.807, 2.05) is 0 Å². The van der Waals surface area contributed by atoms with Gasteiger partial charge in [-0.15, -0.1) is 0 Å². The first kappa shape index (κ1) is 24.8. The molecule has 0 saturated carbocycles. The Morgan fingerprint density at radius 2 is 1.85 bits per heavy atom. The molecule has 1 aliphatic heterocycles. The highest BCUT2D eigenvalue weighted by Crippen LogP contribution is 2.36. The standard InChI is InChI=1S/C21H24ClN3O7S/c1-30-18-11-15(10-17(22)20(18)32-13-19(23)26)21(27)24-12-14-2-4-16(5-3-14)33(28,29)25-6-8-31-9-7-25/h2-5,10-11H,6-9,12-13H2,1H3,(H2,23,26)(H,24,27). The summed E-state index contributed by atoms with van der Waals surface area (Å²) in [5, 5.41) is 2.82. The van der Waals surface area contributed by atoms with Gasteiger partial charge in [-0.2, -0.15) is 4.31 Å². The van der Waals surface area contributed by atoms with Crippen LogP contribution in [-0.2, 0) is 26.1 Å². The van der Waals surface area contributed by atoms with Gasteiger partial charge in [0.1, 0.15) is 0 Å². The van der Waals surface area contributed by atoms with Crippen molar-refractivity contribution in [1.82, 2.24) is 9.62 Å². The third-order valence-corrected chi connectivity index (χ3v) is 7.03. The average Bonchev–Trinajstić information content (AvgIpc) is 2.82. The topological polar surface area (TPSA) is 137 Å². The van der Waals surface area contributed by atoms with E-state index in [1.165, 1.54) is 35.7 Å². The number of carbonyl (C=O) groups is 2. The molecular weight excluding hydrogens is 474 g/mol. The molecule has 0 radical (unpaired) electrons. The summed E-state index contributed by atoms with van der Waals surface area (Å²) in [5.74, 6) is -0.835. The van der Waals surface area contributed by atoms with Gasteiger partial charge in [0, 0.05) is 25.2 Å². The van der Waals surface area contributed by atoms with E-state index in [0.717, 1.165) is 0 Å². The fourth-order valence-electron chi connectivity index (χ4n) is 3.13. The number of halogens is 1. The highest BCUT2D eigenvalue weighted by molar-refractivity contribution is 7.89. The van der Waals surface area contributed by atoms with Crippen LogP contribution in [0.15, 0.2) is 41.3 Å². The molecule has 10 nitrogen and oxygen atoms in total. The van der Waals surface area contributed by atoms with Crippen molar-refractivity contribution in [3.05, 3.63) is 52.5 Å². The maximum Gasteiger partial charge on any atom is 0.255 e. The van der Waals surface area contributed by atoms with Crippen molar-refractivity contribution < 1.29 is 32.2 Å². The SMILES string of the molecule is COc1cc(C(=O)NCc2ccc(S(=O)(=O)N3CCOCC3)cc2)cc(Cl)c1OCC(N)=O. The number of primary amides is 1. The summed E-state index contributed by atoms with van der Waals surface area (Å²) in [6.07, 6.45) is 0. The quantitative estimate of drug-likeness (QED) is 0.530. The van der Waals surface area contributed by atoms with E-state index in [0.29, 0.717) is 31.9 Å². The molecule has 0 unspecified atom stereocenters. The van der Waals surface area contributed by atoms with E-state index in [-0.39, 0.29) is 33.5 Å². The largest absolute Gasteiger partial charge is 0.493 e. The van der Waals surface area contributed by atoms with Crippen LogP contribution in [0.25, 0.3) is 0 Å². The van der Waals surface area contributed by atoms with E-state index < -0.39 is 28.4 Å². The van der Waals surface area contributed by atoms with Crippen LogP contribution in [0.2, 0.25) is 5.02 Å². The minimum atomic E-state index is -3.58. The molecule has 0 bridgehead atoms. The average molecular weight is 498 g/mol. The van der Waals surface area contributed by atoms with Crippen LogP contribution in [0.4, 0.5) is 0 Å². The van der Waals surface area contributed by atoms with E-state index in [2.05, 4.69) is 5.32 Å². The minimum Gasteiger partial charge on any atom is -0.493 e. The van der Waals surface area contributed by atoms with Crippen LogP contribution < -0.4 is 20.5 Å². The Morgan fingerprint density at radius 1 is 1.18 bits per heavy atom. The van der Waals surface area contributed by atoms with Crippen molar-refractivity contribution in [2.75, 3.05) is 40.0 Å². The Morgan fingerprint density at radius 3 is 2.45 bits per heavy atom. The normalized spacial score (nSPS) is 14.5. The smallest absolute Gasteiger partial charge is 0.255 e. The number of ether oxygens (including phenoxy) is 3. The van der Waals surface area contributed by atoms with E-state index in [9.17, 15) is 18.0 Å². The summed E-state index contributed by atoms with van der Waals surface area (Å²) >= 11 is 6.18. The number of nitrogens with zero attached hydrogens (tertiary/aromatic N) is 1. The number of hydrogen-bond donors (Lipinski definition) is 2. The molecule has 1 heterocycles. The number of hydrogen-bond acceptors (Lipinski definition) is 7. The molecule has 1 fully saturated rings. The van der Waals surface area contributed by atoms with Crippen molar-refractivity contribution >= 4 is 33.4 Å². The fourth-order valence-corrected chi connectivity index (χ4v) is 4.81. The zero-order chi connectivity index (χ0) is 24.0. The molecule has 2 amide bonds. The maximum absolute atomic E-state index is 12.7. The van der Waals surface area contributed by atoms with Gasteiger partial charge in [0.25, 0.3) is 11.8 Å². The molecule has 0 aromatic heterocycles. The van der Waals surface area contributed by atoms with E-state index >= 15 is 0 Å². The van der Waals surface area contributed by atoms with Gasteiger partial charge in [-0.3, -0.25) is 9.59 Å². The molecule has 3 N–H and O–H groups in total. The van der Waals surface area contributed by atoms with Gasteiger partial charge in [-0.05, 0) is 29.8 Å². The molecule has 1 saturated heterocycles. The second kappa shape index (κ2) is 10.8. The summed E-state index contributed by atoms with van der Waals surface area (Å²) in [6, 6.07) is 9.11. The lowest BCUT2D eigenvalue weighted by molar-refractivity contribution is -0.119. The number of benzene rings is 2. The fraction of sp³-hybridized carbons (Fsp3) is 0.333. The number of nitrogens with one attached hydrogen (secondary N) is 1. The Bertz CT molecular complexity index is 1120. The first-order chi connectivity index (χ1) is 15.7. The zero-order valence-corrected chi connectivity index (χ0v) is 19.4. The molecule has 2 aromatic carbocycles. The Hall–Kier alpha value is -2.86. The van der Waals surface area contributed by atoms with Gasteiger partial charge in [0.2, 0.25) is 10.0 Å². The predicted octanol–water partition coefficient (Wildman–Crippen LogP) is 1.16. The van der Waals surface area contributed by atoms with Gasteiger partial charge in [-0.25, -0.2) is 8.42 Å². The van der Waals surface area contributed by atoms with Gasteiger partial charge >= 0.3 is 0 Å². The monoisotopic (exact) mass is 497 g/mol. The predicted molar refractivity (Wildman–Crippen MR) is 120 cm³/mol. The van der Waals surface area contributed by atoms with Crippen LogP contribution in [0.3, 0.4) is 0 Å². The first-order valence-corrected chi connectivity index (χ1v) is 11.8. The number of carbonyl (C=O) groups excluding carboxylic acids is 2. The van der Waals surface area contributed by atoms with Crippen LogP contribution in [0.5, 0.6) is 11.5 Å². The number of morpholine rings is 1. The summed E-state index contributed by atoms with van der Waals surface area (Å²) in [6.45, 7) is 1.15. The second-order valence-electron chi connectivity index (χ2n) is 7.09. The number of sulfonamides is 1. The summed E-state index contributed by atoms with van der Waals surface area (Å²) in [4.78, 5) is 23.7. The van der Waals surface area contributed by atoms with Crippen molar-refractivity contribution in [2.45, 2.75) is 11.4 Å². The number of nitrogens with two attached hydrogens (primary N) is 1. The third kappa shape index (κ3) is 6.14. The lowest BCUT2D eigenvalue weighted by Crippen LogP contribution is -2.40. The molecule has 0 spiro atoms. The third-order valence-electron chi connectivity index (χ3n) is 4.83. The Balaban J connectivity index is 1.66. The van der Waals surface area contributed by atoms with Crippen molar-refractivity contribution in [1.29, 1.82) is 0 Å². The highest BCUT2D eigenvalue weighted by atomic mass is 35.5. The van der Waals surface area contributed by atoms with E-state index in [1.54, 1.807) is 12.1 Å². The number of amides is 2. The molecule has 0 aliphatic carbocycles. The van der Waals surface area contributed by atoms with Gasteiger partial charge in [0.15, 0.2) is 18.1 Å². The molecule has 12 heteroatoms. The second-order valence-corrected chi connectivity index (χ2v) is 9.43. The molecule has 1 aliphatic rings. The lowest BCUT2D eigenvalue weighted by atomic mass is 10.1. The summed E-state index contributed by atoms with van der Waals surface area (Å²) in [7, 11) is -2.21. The summed E-state index contributed by atoms with van der Waals surface area (Å²) in [5.41, 5.74) is 6.00. The van der Waals surface area contributed by atoms with Crippen molar-refractivity contribution in [2.24, 2.45) is 5.73 Å². The number of methoxy groups -OCH3 is 1. The van der Waals surface area contributed by atoms with Crippen LogP contribution in [0, 0.1) is 0 Å². The van der Waals surface area contributed by atoms with E-state index in [4.69, 9.17) is 31.5 Å². The molecule has 2 aromatic rings. The lowest BCUT2D eigenvalue weighted by Gasteiger charge is -2.26. The molecule has 178 valence electrons. The Kier molecular flexibility index (Phi) is 8.14. The van der Waals surface area contributed by atoms with Crippen LogP contribution >= 0.6 is 11.6 Å². The molecular formula is C21H24ClN3O7S. The Labute approximate surface area is 196 Å². The molecule has 3 rings (SSSR count). The minimum absolute atomic E-state index is 0.0819. The highest BCUT2D eigenvalue weighted by Gasteiger charge is 2.26. The van der Waals surface area contributed by atoms with Gasteiger partial charge in [-0.1, -0.05) is 23.7 Å². The first-order valence-electron chi connectivity index (χ1n) is 9.96. The maximum atomic E-state index is 12.7. The summed E-state index contributed by atoms with van der Waals surface area (Å²) < 4.78 is 42.4. The molecule has 0 atom stereocenters. The zero-order valence-electron chi connectivity index (χ0n) is 17.9. The van der Waals surface area contributed by atoms with Crippen molar-refractivity contribution in [3.63, 3.8) is 0 Å². The number of rotatable bonds is 9. The molecule has 33 heavy (non-hydrogen) atoms. The van der Waals surface area contributed by atoms with Crippen molar-refractivity contribution in [3.8, 4) is 11.5 Å². The van der Waals surface area contributed by atoms with Crippen LogP contribution in [0.1, 0.15) is 15.9 Å². The van der Waals surface area contributed by atoms with Gasteiger partial charge in [0.05, 0.1) is 30.2 Å². The van der Waals surface area contributed by atoms with Crippen LogP contribution in [-0.4, -0.2) is 64.6 Å². The van der Waals surface area contributed by atoms with Gasteiger partial charge < -0.3 is 25.3 Å².